The number of ether oxygens (including phenoxy) is 2. The van der Waals surface area contributed by atoms with Crippen molar-refractivity contribution < 1.29 is 23.0 Å². The zero-order valence-corrected chi connectivity index (χ0v) is 15.6. The van der Waals surface area contributed by atoms with Crippen LogP contribution in [0.5, 0.6) is 5.75 Å². The van der Waals surface area contributed by atoms with Crippen molar-refractivity contribution in [3.05, 3.63) is 84.2 Å². The van der Waals surface area contributed by atoms with E-state index in [-0.39, 0.29) is 11.7 Å². The number of carbonyl (C=O) groups excluding carboxylic acids is 1. The first-order valence-electron chi connectivity index (χ1n) is 9.29. The second kappa shape index (κ2) is 8.45. The highest BCUT2D eigenvalue weighted by Gasteiger charge is 2.26. The average Bonchev–Trinajstić information content (AvgIpc) is 3.28. The molecule has 4 rings (SSSR count). The molecule has 5 nitrogen and oxygen atoms in total. The van der Waals surface area contributed by atoms with Gasteiger partial charge >= 0.3 is 6.61 Å². The van der Waals surface area contributed by atoms with Crippen LogP contribution < -0.4 is 4.74 Å². The van der Waals surface area contributed by atoms with Gasteiger partial charge in [-0.25, -0.2) is 0 Å². The summed E-state index contributed by atoms with van der Waals surface area (Å²) in [7, 11) is 0. The van der Waals surface area contributed by atoms with Gasteiger partial charge in [0.15, 0.2) is 0 Å². The van der Waals surface area contributed by atoms with Crippen LogP contribution in [0.4, 0.5) is 8.78 Å². The van der Waals surface area contributed by atoms with E-state index >= 15 is 0 Å². The van der Waals surface area contributed by atoms with Crippen molar-refractivity contribution in [2.75, 3.05) is 19.7 Å². The first-order chi connectivity index (χ1) is 14.1. The Morgan fingerprint density at radius 2 is 1.86 bits per heavy atom. The van der Waals surface area contributed by atoms with Crippen LogP contribution in [-0.4, -0.2) is 41.7 Å². The van der Waals surface area contributed by atoms with Gasteiger partial charge in [-0.2, -0.15) is 8.78 Å². The summed E-state index contributed by atoms with van der Waals surface area (Å²) in [5.41, 5.74) is 2.19. The zero-order chi connectivity index (χ0) is 20.2. The van der Waals surface area contributed by atoms with Crippen LogP contribution in [0.15, 0.2) is 73.1 Å². The highest BCUT2D eigenvalue weighted by atomic mass is 19.3. The summed E-state index contributed by atoms with van der Waals surface area (Å²) >= 11 is 0. The molecule has 2 heterocycles. The minimum atomic E-state index is -2.89. The van der Waals surface area contributed by atoms with Gasteiger partial charge in [-0.15, -0.1) is 0 Å². The lowest BCUT2D eigenvalue weighted by Crippen LogP contribution is -2.42. The first-order valence-corrected chi connectivity index (χ1v) is 9.29. The predicted octanol–water partition coefficient (Wildman–Crippen LogP) is 4.29. The predicted molar refractivity (Wildman–Crippen MR) is 103 cm³/mol. The summed E-state index contributed by atoms with van der Waals surface area (Å²) in [6.45, 7) is -1.71. The molecular weight excluding hydrogens is 378 g/mol. The number of rotatable bonds is 5. The number of alkyl halides is 2. The van der Waals surface area contributed by atoms with E-state index in [0.717, 1.165) is 5.69 Å². The fraction of sp³-hybridized carbons (Fsp3) is 0.227. The molecule has 0 N–H and O–H groups in total. The molecule has 1 aliphatic heterocycles. The SMILES string of the molecule is O=C(c1cccc(-n2cccc2)c1)N1CCOC(c2cccc(OC(F)F)c2)C1. The van der Waals surface area contributed by atoms with Crippen LogP contribution in [-0.2, 0) is 4.74 Å². The van der Waals surface area contributed by atoms with Crippen LogP contribution in [0.2, 0.25) is 0 Å². The number of amides is 1. The Bertz CT molecular complexity index is 976. The minimum Gasteiger partial charge on any atom is -0.435 e. The molecule has 2 aromatic carbocycles. The lowest BCUT2D eigenvalue weighted by Gasteiger charge is -2.33. The topological polar surface area (TPSA) is 43.7 Å². The third kappa shape index (κ3) is 4.46. The molecule has 0 radical (unpaired) electrons. The maximum atomic E-state index is 13.0. The summed E-state index contributed by atoms with van der Waals surface area (Å²) in [4.78, 5) is 14.8. The van der Waals surface area contributed by atoms with Crippen molar-refractivity contribution in [1.29, 1.82) is 0 Å². The smallest absolute Gasteiger partial charge is 0.387 e. The summed E-state index contributed by atoms with van der Waals surface area (Å²) in [5, 5.41) is 0. The Morgan fingerprint density at radius 1 is 1.07 bits per heavy atom. The van der Waals surface area contributed by atoms with E-state index in [4.69, 9.17) is 4.74 Å². The number of hydrogen-bond acceptors (Lipinski definition) is 3. The summed E-state index contributed by atoms with van der Waals surface area (Å²) in [6.07, 6.45) is 3.44. The minimum absolute atomic E-state index is 0.0731. The van der Waals surface area contributed by atoms with E-state index in [1.54, 1.807) is 23.1 Å². The van der Waals surface area contributed by atoms with E-state index < -0.39 is 12.7 Å². The van der Waals surface area contributed by atoms with Crippen LogP contribution in [0.3, 0.4) is 0 Å². The van der Waals surface area contributed by atoms with Gasteiger partial charge in [-0.3, -0.25) is 4.79 Å². The highest BCUT2D eigenvalue weighted by molar-refractivity contribution is 5.94. The third-order valence-electron chi connectivity index (χ3n) is 4.80. The lowest BCUT2D eigenvalue weighted by atomic mass is 10.1. The summed E-state index contributed by atoms with van der Waals surface area (Å²) < 4.78 is 37.1. The quantitative estimate of drug-likeness (QED) is 0.644. The molecular formula is C22H20F2N2O3. The van der Waals surface area contributed by atoms with Gasteiger partial charge < -0.3 is 18.9 Å². The zero-order valence-electron chi connectivity index (χ0n) is 15.6. The Kier molecular flexibility index (Phi) is 5.57. The molecule has 1 unspecified atom stereocenters. The van der Waals surface area contributed by atoms with E-state index in [1.807, 2.05) is 47.3 Å². The number of hydrogen-bond donors (Lipinski definition) is 0. The van der Waals surface area contributed by atoms with Crippen molar-refractivity contribution in [3.63, 3.8) is 0 Å². The van der Waals surface area contributed by atoms with Gasteiger partial charge in [-0.05, 0) is 48.0 Å². The Balaban J connectivity index is 1.50. The van der Waals surface area contributed by atoms with Crippen LogP contribution in [0.25, 0.3) is 5.69 Å². The maximum Gasteiger partial charge on any atom is 0.387 e. The summed E-state index contributed by atoms with van der Waals surface area (Å²) in [6, 6.07) is 17.7. The normalized spacial score (nSPS) is 16.8. The average molecular weight is 398 g/mol. The first kappa shape index (κ1) is 19.1. The van der Waals surface area contributed by atoms with Gasteiger partial charge in [0.2, 0.25) is 0 Å². The van der Waals surface area contributed by atoms with Gasteiger partial charge in [0.1, 0.15) is 11.9 Å². The molecule has 1 aliphatic rings. The van der Waals surface area contributed by atoms with Gasteiger partial charge in [-0.1, -0.05) is 18.2 Å². The fourth-order valence-electron chi connectivity index (χ4n) is 3.42. The van der Waals surface area contributed by atoms with E-state index in [2.05, 4.69) is 4.74 Å². The van der Waals surface area contributed by atoms with Crippen LogP contribution in [0.1, 0.15) is 22.0 Å². The largest absolute Gasteiger partial charge is 0.435 e. The Labute approximate surface area is 167 Å². The molecule has 3 aromatic rings. The molecule has 1 aromatic heterocycles. The molecule has 1 atom stereocenters. The van der Waals surface area contributed by atoms with E-state index in [1.165, 1.54) is 12.1 Å². The Morgan fingerprint density at radius 3 is 2.66 bits per heavy atom. The third-order valence-corrected chi connectivity index (χ3v) is 4.80. The second-order valence-corrected chi connectivity index (χ2v) is 6.70. The molecule has 150 valence electrons. The number of morpholine rings is 1. The number of aromatic nitrogens is 1. The monoisotopic (exact) mass is 398 g/mol. The van der Waals surface area contributed by atoms with Crippen molar-refractivity contribution in [2.24, 2.45) is 0 Å². The number of nitrogens with zero attached hydrogens (tertiary/aromatic N) is 2. The summed E-state index contributed by atoms with van der Waals surface area (Å²) in [5.74, 6) is -0.0173. The van der Waals surface area contributed by atoms with Gasteiger partial charge in [0.25, 0.3) is 5.91 Å². The molecule has 1 fully saturated rings. The number of halogens is 2. The standard InChI is InChI=1S/C22H20F2N2O3/c23-22(24)29-19-8-4-5-16(14-19)20-15-26(11-12-28-20)21(27)17-6-3-7-18(13-17)25-9-1-2-10-25/h1-10,13-14,20,22H,11-12,15H2. The molecule has 29 heavy (non-hydrogen) atoms. The molecule has 0 bridgehead atoms. The lowest BCUT2D eigenvalue weighted by molar-refractivity contribution is -0.0504. The molecule has 7 heteroatoms. The number of benzene rings is 2. The van der Waals surface area contributed by atoms with Crippen LogP contribution >= 0.6 is 0 Å². The fourth-order valence-corrected chi connectivity index (χ4v) is 3.42. The highest BCUT2D eigenvalue weighted by Crippen LogP contribution is 2.27. The molecule has 1 saturated heterocycles. The van der Waals surface area contributed by atoms with Crippen LogP contribution in [0, 0.1) is 0 Å². The van der Waals surface area contributed by atoms with Crippen molar-refractivity contribution in [2.45, 2.75) is 12.7 Å². The van der Waals surface area contributed by atoms with Gasteiger partial charge in [0.05, 0.1) is 13.2 Å². The van der Waals surface area contributed by atoms with E-state index in [9.17, 15) is 13.6 Å². The molecule has 0 saturated carbocycles. The maximum absolute atomic E-state index is 13.0. The molecule has 0 spiro atoms. The number of carbonyl (C=O) groups is 1. The Hall–Kier alpha value is -3.19. The van der Waals surface area contributed by atoms with Crippen molar-refractivity contribution >= 4 is 5.91 Å². The molecule has 0 aliphatic carbocycles. The van der Waals surface area contributed by atoms with E-state index in [0.29, 0.717) is 30.8 Å². The second-order valence-electron chi connectivity index (χ2n) is 6.70. The van der Waals surface area contributed by atoms with Crippen molar-refractivity contribution in [1.82, 2.24) is 9.47 Å². The molecule has 1 amide bonds. The van der Waals surface area contributed by atoms with Gasteiger partial charge in [0, 0.05) is 30.2 Å². The van der Waals surface area contributed by atoms with Crippen molar-refractivity contribution in [3.8, 4) is 11.4 Å².